The largest absolute Gasteiger partial charge is 0.481 e. The molecule has 174 valence electrons. The number of carboxylic acids is 1. The Bertz CT molecular complexity index is 896. The minimum absolute atomic E-state index is 0.00266. The van der Waals surface area contributed by atoms with Crippen LogP contribution in [0.15, 0.2) is 46.6 Å². The van der Waals surface area contributed by atoms with Crippen molar-refractivity contribution in [2.75, 3.05) is 19.6 Å². The average molecular weight is 441 g/mol. The lowest BCUT2D eigenvalue weighted by Crippen LogP contribution is -2.54. The summed E-state index contributed by atoms with van der Waals surface area (Å²) in [4.78, 5) is 42.3. The highest BCUT2D eigenvalue weighted by molar-refractivity contribution is 6.01. The van der Waals surface area contributed by atoms with Gasteiger partial charge in [0.1, 0.15) is 0 Å². The van der Waals surface area contributed by atoms with Gasteiger partial charge in [0, 0.05) is 25.2 Å². The molecule has 6 nitrogen and oxygen atoms in total. The number of carbonyl (C=O) groups is 3. The molecule has 2 heterocycles. The van der Waals surface area contributed by atoms with Gasteiger partial charge in [-0.15, -0.1) is 0 Å². The van der Waals surface area contributed by atoms with Crippen LogP contribution >= 0.6 is 0 Å². The number of carbonyl (C=O) groups excluding carboxylic acids is 2. The fourth-order valence-electron chi connectivity index (χ4n) is 5.45. The van der Waals surface area contributed by atoms with Crippen LogP contribution in [0.5, 0.6) is 0 Å². The number of likely N-dealkylation sites (tertiary alicyclic amines) is 1. The molecule has 0 aromatic heterocycles. The number of aliphatic carboxylic acids is 1. The summed E-state index contributed by atoms with van der Waals surface area (Å²) in [6.07, 6.45) is 11.5. The van der Waals surface area contributed by atoms with Gasteiger partial charge in [-0.3, -0.25) is 14.4 Å². The highest BCUT2D eigenvalue weighted by atomic mass is 16.4. The monoisotopic (exact) mass is 440 g/mol. The molecule has 0 spiro atoms. The van der Waals surface area contributed by atoms with Crippen molar-refractivity contribution in [3.05, 3.63) is 46.6 Å². The van der Waals surface area contributed by atoms with E-state index in [4.69, 9.17) is 0 Å². The molecule has 1 saturated carbocycles. The number of carboxylic acid groups (broad SMARTS) is 1. The van der Waals surface area contributed by atoms with Crippen molar-refractivity contribution in [1.82, 2.24) is 9.80 Å². The molecule has 32 heavy (non-hydrogen) atoms. The fourth-order valence-corrected chi connectivity index (χ4v) is 5.45. The Morgan fingerprint density at radius 1 is 1.09 bits per heavy atom. The minimum Gasteiger partial charge on any atom is -0.481 e. The maximum absolute atomic E-state index is 13.7. The summed E-state index contributed by atoms with van der Waals surface area (Å²) >= 11 is 0. The van der Waals surface area contributed by atoms with Crippen LogP contribution < -0.4 is 0 Å². The molecule has 2 amide bonds. The first-order valence-electron chi connectivity index (χ1n) is 11.8. The van der Waals surface area contributed by atoms with Gasteiger partial charge in [-0.2, -0.15) is 0 Å². The van der Waals surface area contributed by atoms with Crippen molar-refractivity contribution < 1.29 is 19.5 Å². The van der Waals surface area contributed by atoms with Crippen LogP contribution in [0.25, 0.3) is 0 Å². The van der Waals surface area contributed by atoms with E-state index in [1.54, 1.807) is 0 Å². The van der Waals surface area contributed by atoms with Crippen molar-refractivity contribution in [3.8, 4) is 0 Å². The van der Waals surface area contributed by atoms with Crippen LogP contribution in [0.4, 0.5) is 0 Å². The molecule has 1 saturated heterocycles. The second kappa shape index (κ2) is 10.3. The van der Waals surface area contributed by atoms with E-state index >= 15 is 0 Å². The van der Waals surface area contributed by atoms with E-state index in [1.807, 2.05) is 54.9 Å². The average Bonchev–Trinajstić information content (AvgIpc) is 3.10. The zero-order valence-corrected chi connectivity index (χ0v) is 19.8. The summed E-state index contributed by atoms with van der Waals surface area (Å²) in [6.45, 7) is 9.38. The van der Waals surface area contributed by atoms with Gasteiger partial charge >= 0.3 is 5.97 Å². The molecule has 3 rings (SSSR count). The standard InChI is InChI=1S/C26H36N2O4/c1-5-10-20-17(4)13-14-28(25(30)21-11-8-9-12-22(21)26(31)32)23(20)16-27-15-18(6-2)19(7-3)24(27)29/h5-7,10,21-23H,8-9,11-16H2,1-4H3,(H,31,32)/b10-5-,18-6-,19-7+/t21-,22+,23-/m1/s1. The van der Waals surface area contributed by atoms with E-state index in [-0.39, 0.29) is 17.9 Å². The predicted molar refractivity (Wildman–Crippen MR) is 125 cm³/mol. The summed E-state index contributed by atoms with van der Waals surface area (Å²) in [5, 5.41) is 9.72. The summed E-state index contributed by atoms with van der Waals surface area (Å²) in [5.74, 6) is -2.05. The van der Waals surface area contributed by atoms with Crippen LogP contribution in [-0.2, 0) is 14.4 Å². The molecule has 3 atom stereocenters. The summed E-state index contributed by atoms with van der Waals surface area (Å²) in [6, 6.07) is -0.262. The Morgan fingerprint density at radius 3 is 2.34 bits per heavy atom. The maximum Gasteiger partial charge on any atom is 0.307 e. The number of hydrogen-bond donors (Lipinski definition) is 1. The van der Waals surface area contributed by atoms with E-state index in [9.17, 15) is 19.5 Å². The second-order valence-electron chi connectivity index (χ2n) is 9.07. The zero-order chi connectivity index (χ0) is 23.4. The van der Waals surface area contributed by atoms with Crippen molar-refractivity contribution in [2.45, 2.75) is 65.8 Å². The van der Waals surface area contributed by atoms with E-state index in [0.29, 0.717) is 32.5 Å². The van der Waals surface area contributed by atoms with Crippen molar-refractivity contribution in [1.29, 1.82) is 0 Å². The molecule has 0 radical (unpaired) electrons. The number of rotatable bonds is 5. The molecule has 0 aromatic rings. The molecule has 3 aliphatic rings. The Labute approximate surface area is 191 Å². The van der Waals surface area contributed by atoms with Crippen molar-refractivity contribution >= 4 is 17.8 Å². The third kappa shape index (κ3) is 4.59. The Morgan fingerprint density at radius 2 is 1.78 bits per heavy atom. The first-order valence-corrected chi connectivity index (χ1v) is 11.8. The van der Waals surface area contributed by atoms with Crippen molar-refractivity contribution in [3.63, 3.8) is 0 Å². The van der Waals surface area contributed by atoms with E-state index in [0.717, 1.165) is 36.0 Å². The molecule has 2 fully saturated rings. The fraction of sp³-hybridized carbons (Fsp3) is 0.577. The third-order valence-corrected chi connectivity index (χ3v) is 7.24. The molecule has 0 bridgehead atoms. The third-order valence-electron chi connectivity index (χ3n) is 7.24. The first kappa shape index (κ1) is 24.0. The molecule has 1 aliphatic carbocycles. The molecule has 1 N–H and O–H groups in total. The number of amides is 2. The van der Waals surface area contributed by atoms with Gasteiger partial charge < -0.3 is 14.9 Å². The minimum atomic E-state index is -0.873. The lowest BCUT2D eigenvalue weighted by Gasteiger charge is -2.42. The summed E-state index contributed by atoms with van der Waals surface area (Å²) in [5.41, 5.74) is 4.03. The molecular weight excluding hydrogens is 404 g/mol. The topological polar surface area (TPSA) is 77.9 Å². The second-order valence-corrected chi connectivity index (χ2v) is 9.07. The summed E-state index contributed by atoms with van der Waals surface area (Å²) in [7, 11) is 0. The van der Waals surface area contributed by atoms with Gasteiger partial charge in [0.25, 0.3) is 5.91 Å². The first-order chi connectivity index (χ1) is 15.3. The highest BCUT2D eigenvalue weighted by Gasteiger charge is 2.42. The quantitative estimate of drug-likeness (QED) is 0.653. The van der Waals surface area contributed by atoms with E-state index < -0.39 is 17.8 Å². The van der Waals surface area contributed by atoms with E-state index in [2.05, 4.69) is 6.92 Å². The zero-order valence-electron chi connectivity index (χ0n) is 19.8. The molecule has 0 aromatic carbocycles. The van der Waals surface area contributed by atoms with Crippen LogP contribution in [0, 0.1) is 11.8 Å². The van der Waals surface area contributed by atoms with Crippen molar-refractivity contribution in [2.24, 2.45) is 11.8 Å². The Kier molecular flexibility index (Phi) is 7.75. The van der Waals surface area contributed by atoms with Gasteiger partial charge in [-0.1, -0.05) is 42.7 Å². The number of allylic oxidation sites excluding steroid dienone is 3. The predicted octanol–water partition coefficient (Wildman–Crippen LogP) is 4.11. The van der Waals surface area contributed by atoms with Crippen LogP contribution in [0.2, 0.25) is 0 Å². The molecule has 2 aliphatic heterocycles. The van der Waals surface area contributed by atoms with Gasteiger partial charge in [0.15, 0.2) is 0 Å². The van der Waals surface area contributed by atoms with Crippen LogP contribution in [0.3, 0.4) is 0 Å². The Hall–Kier alpha value is -2.63. The molecular formula is C26H36N2O4. The summed E-state index contributed by atoms with van der Waals surface area (Å²) < 4.78 is 0. The highest BCUT2D eigenvalue weighted by Crippen LogP contribution is 2.36. The number of hydrogen-bond acceptors (Lipinski definition) is 3. The lowest BCUT2D eigenvalue weighted by atomic mass is 9.77. The Balaban J connectivity index is 1.94. The SMILES string of the molecule is C/C=C\C1=C(C)CCN(C(=O)[C@@H]2CCCC[C@@H]2C(=O)O)[C@@H]1CN1CC(=C/C)/C(=C\C)C1=O. The van der Waals surface area contributed by atoms with Gasteiger partial charge in [0.2, 0.25) is 5.91 Å². The van der Waals surface area contributed by atoms with Crippen LogP contribution in [0.1, 0.15) is 59.8 Å². The normalized spacial score (nSPS) is 29.6. The van der Waals surface area contributed by atoms with Gasteiger partial charge in [-0.25, -0.2) is 0 Å². The maximum atomic E-state index is 13.7. The molecule has 0 unspecified atom stereocenters. The number of nitrogens with zero attached hydrogens (tertiary/aromatic N) is 2. The molecule has 6 heteroatoms. The van der Waals surface area contributed by atoms with Gasteiger partial charge in [0.05, 0.1) is 17.9 Å². The smallest absolute Gasteiger partial charge is 0.307 e. The van der Waals surface area contributed by atoms with Crippen LogP contribution in [-0.4, -0.2) is 58.4 Å². The lowest BCUT2D eigenvalue weighted by molar-refractivity contribution is -0.153. The van der Waals surface area contributed by atoms with Gasteiger partial charge in [-0.05, 0) is 58.1 Å². The van der Waals surface area contributed by atoms with E-state index in [1.165, 1.54) is 5.57 Å².